The summed E-state index contributed by atoms with van der Waals surface area (Å²) in [6.45, 7) is 0.222. The van der Waals surface area contributed by atoms with Gasteiger partial charge in [-0.1, -0.05) is 35.9 Å². The van der Waals surface area contributed by atoms with E-state index in [1.54, 1.807) is 12.3 Å². The molecule has 2 aliphatic rings. The molecular formula is C22H19ClN2O3. The van der Waals surface area contributed by atoms with E-state index in [0.29, 0.717) is 16.6 Å². The number of benzene rings is 2. The molecule has 1 fully saturated rings. The van der Waals surface area contributed by atoms with Crippen molar-refractivity contribution in [2.24, 2.45) is 0 Å². The molecule has 0 bridgehead atoms. The van der Waals surface area contributed by atoms with Crippen LogP contribution in [0.25, 0.3) is 11.1 Å². The summed E-state index contributed by atoms with van der Waals surface area (Å²) < 4.78 is 10.8. The van der Waals surface area contributed by atoms with Crippen molar-refractivity contribution >= 4 is 23.3 Å². The second-order valence-electron chi connectivity index (χ2n) is 7.02. The van der Waals surface area contributed by atoms with Crippen LogP contribution in [0, 0.1) is 0 Å². The fourth-order valence-electron chi connectivity index (χ4n) is 3.52. The Hall–Kier alpha value is -3.05. The van der Waals surface area contributed by atoms with E-state index in [1.165, 1.54) is 0 Å². The van der Waals surface area contributed by atoms with Crippen LogP contribution in [0.3, 0.4) is 0 Å². The van der Waals surface area contributed by atoms with E-state index in [2.05, 4.69) is 10.3 Å². The Labute approximate surface area is 168 Å². The van der Waals surface area contributed by atoms with Gasteiger partial charge in [0.05, 0.1) is 5.41 Å². The topological polar surface area (TPSA) is 60.5 Å². The van der Waals surface area contributed by atoms with E-state index in [-0.39, 0.29) is 14.1 Å². The van der Waals surface area contributed by atoms with E-state index in [0.717, 1.165) is 35.3 Å². The molecule has 1 amide bonds. The molecule has 28 heavy (non-hydrogen) atoms. The number of anilines is 1. The van der Waals surface area contributed by atoms with Crippen molar-refractivity contribution in [3.8, 4) is 22.6 Å². The van der Waals surface area contributed by atoms with Gasteiger partial charge in [0.2, 0.25) is 12.7 Å². The Morgan fingerprint density at radius 1 is 1.07 bits per heavy atom. The molecule has 6 heteroatoms. The maximum atomic E-state index is 13.0. The Balaban J connectivity index is 0.00000205. The third kappa shape index (κ3) is 2.88. The molecule has 5 nitrogen and oxygen atoms in total. The highest BCUT2D eigenvalue weighted by Gasteiger charge is 2.51. The molecule has 2 aromatic carbocycles. The van der Waals surface area contributed by atoms with Crippen LogP contribution in [0.1, 0.15) is 19.8 Å². The molecule has 0 saturated heterocycles. The number of hydrogen-bond donors (Lipinski definition) is 1. The van der Waals surface area contributed by atoms with E-state index in [9.17, 15) is 4.79 Å². The summed E-state index contributed by atoms with van der Waals surface area (Å²) >= 11 is 6.24. The summed E-state index contributed by atoms with van der Waals surface area (Å²) in [5.41, 5.74) is 2.24. The Morgan fingerprint density at radius 3 is 2.64 bits per heavy atom. The predicted molar refractivity (Wildman–Crippen MR) is 109 cm³/mol. The van der Waals surface area contributed by atoms with Crippen LogP contribution in [-0.2, 0) is 10.2 Å². The van der Waals surface area contributed by atoms with E-state index < -0.39 is 5.41 Å². The molecule has 0 atom stereocenters. The summed E-state index contributed by atoms with van der Waals surface area (Å²) in [5.74, 6) is 1.88. The normalized spacial score (nSPS) is 15.9. The molecule has 1 saturated carbocycles. The van der Waals surface area contributed by atoms with Crippen LogP contribution in [0.15, 0.2) is 60.8 Å². The van der Waals surface area contributed by atoms with Crippen molar-refractivity contribution in [3.63, 3.8) is 0 Å². The first kappa shape index (κ1) is 17.1. The number of hydrogen-bond acceptors (Lipinski definition) is 4. The zero-order chi connectivity index (χ0) is 19.1. The maximum absolute atomic E-state index is 13.0. The molecule has 1 N–H and O–H groups in total. The first-order chi connectivity index (χ1) is 13.7. The van der Waals surface area contributed by atoms with E-state index in [1.807, 2.05) is 48.5 Å². The van der Waals surface area contributed by atoms with E-state index >= 15 is 0 Å². The van der Waals surface area contributed by atoms with Gasteiger partial charge in [-0.3, -0.25) is 4.79 Å². The fraction of sp³-hybridized carbons (Fsp3) is 0.182. The van der Waals surface area contributed by atoms with E-state index in [4.69, 9.17) is 21.1 Å². The molecule has 142 valence electrons. The van der Waals surface area contributed by atoms with Gasteiger partial charge in [0.1, 0.15) is 5.82 Å². The van der Waals surface area contributed by atoms with Gasteiger partial charge < -0.3 is 14.8 Å². The van der Waals surface area contributed by atoms with Gasteiger partial charge in [0.25, 0.3) is 0 Å². The summed E-state index contributed by atoms with van der Waals surface area (Å²) in [6, 6.07) is 17.0. The third-order valence-electron chi connectivity index (χ3n) is 5.30. The summed E-state index contributed by atoms with van der Waals surface area (Å²) in [7, 11) is 0. The average molecular weight is 395 g/mol. The summed E-state index contributed by atoms with van der Waals surface area (Å²) in [5, 5.41) is 3.62. The van der Waals surface area contributed by atoms with Gasteiger partial charge in [-0.2, -0.15) is 0 Å². The number of nitrogens with zero attached hydrogens (tertiary/aromatic N) is 1. The smallest absolute Gasteiger partial charge is 0.236 e. The number of halogens is 1. The number of carbonyl (C=O) groups excluding carboxylic acids is 1. The van der Waals surface area contributed by atoms with Crippen molar-refractivity contribution in [1.82, 2.24) is 4.98 Å². The number of aromatic nitrogens is 1. The van der Waals surface area contributed by atoms with Gasteiger partial charge >= 0.3 is 0 Å². The maximum Gasteiger partial charge on any atom is 0.236 e. The lowest BCUT2D eigenvalue weighted by atomic mass is 9.94. The van der Waals surface area contributed by atoms with Crippen LogP contribution in [-0.4, -0.2) is 17.7 Å². The van der Waals surface area contributed by atoms with Crippen molar-refractivity contribution < 1.29 is 15.7 Å². The van der Waals surface area contributed by atoms with Crippen LogP contribution in [0.4, 0.5) is 5.82 Å². The molecule has 1 aliphatic heterocycles. The Kier molecular flexibility index (Phi) is 3.98. The quantitative estimate of drug-likeness (QED) is 0.672. The van der Waals surface area contributed by atoms with Crippen LogP contribution in [0.2, 0.25) is 5.02 Å². The molecule has 1 aromatic heterocycles. The Bertz CT molecular complexity index is 1070. The number of pyridine rings is 1. The first-order valence-electron chi connectivity index (χ1n) is 9.08. The number of rotatable bonds is 4. The fourth-order valence-corrected chi connectivity index (χ4v) is 3.77. The first-order valence-corrected chi connectivity index (χ1v) is 9.46. The summed E-state index contributed by atoms with van der Waals surface area (Å²) in [6.07, 6.45) is 3.32. The highest BCUT2D eigenvalue weighted by molar-refractivity contribution is 6.33. The van der Waals surface area contributed by atoms with Gasteiger partial charge in [-0.15, -0.1) is 0 Å². The van der Waals surface area contributed by atoms with Crippen molar-refractivity contribution in [2.75, 3.05) is 12.1 Å². The largest absolute Gasteiger partial charge is 0.454 e. The van der Waals surface area contributed by atoms with Crippen LogP contribution < -0.4 is 14.8 Å². The van der Waals surface area contributed by atoms with Gasteiger partial charge in [0.15, 0.2) is 11.5 Å². The molecule has 0 radical (unpaired) electrons. The molecule has 3 aromatic rings. The number of carbonyl (C=O) groups is 1. The minimum atomic E-state index is -0.524. The molecule has 2 heterocycles. The second kappa shape index (κ2) is 6.53. The van der Waals surface area contributed by atoms with Gasteiger partial charge in [-0.25, -0.2) is 4.98 Å². The molecular weight excluding hydrogens is 376 g/mol. The van der Waals surface area contributed by atoms with Crippen LogP contribution >= 0.6 is 11.6 Å². The zero-order valence-corrected chi connectivity index (χ0v) is 15.7. The average Bonchev–Trinajstić information content (AvgIpc) is 3.40. The lowest BCUT2D eigenvalue weighted by molar-refractivity contribution is -0.118. The highest BCUT2D eigenvalue weighted by atomic mass is 35.5. The minimum Gasteiger partial charge on any atom is -0.454 e. The zero-order valence-electron chi connectivity index (χ0n) is 14.9. The van der Waals surface area contributed by atoms with Crippen molar-refractivity contribution in [3.05, 3.63) is 71.4 Å². The number of fused-ring (bicyclic) bond motifs is 1. The van der Waals surface area contributed by atoms with Gasteiger partial charge in [-0.05, 0) is 48.7 Å². The Morgan fingerprint density at radius 2 is 1.89 bits per heavy atom. The second-order valence-corrected chi connectivity index (χ2v) is 7.42. The van der Waals surface area contributed by atoms with Crippen molar-refractivity contribution in [2.45, 2.75) is 18.3 Å². The third-order valence-corrected chi connectivity index (χ3v) is 5.63. The monoisotopic (exact) mass is 394 g/mol. The number of nitrogens with one attached hydrogen (secondary N) is 1. The van der Waals surface area contributed by atoms with Gasteiger partial charge in [0, 0.05) is 23.8 Å². The molecule has 0 spiro atoms. The minimum absolute atomic E-state index is 0. The molecule has 1 aliphatic carbocycles. The highest BCUT2D eigenvalue weighted by Crippen LogP contribution is 2.51. The lowest BCUT2D eigenvalue weighted by Crippen LogP contribution is -2.28. The molecule has 0 unspecified atom stereocenters. The SMILES string of the molecule is O=C(Nc1ccc(-c2ccccc2Cl)cn1)C1(c2ccc3c(c2)OCO3)CC1.[HH]. The standard InChI is InChI=1S/C22H17ClN2O3.H2/c23-17-4-2-1-3-16(17)14-5-8-20(24-12-14)25-21(26)22(9-10-22)15-6-7-18-19(11-15)28-13-27-18;/h1-8,11-12H,9-10,13H2,(H,24,25,26);1H. The lowest BCUT2D eigenvalue weighted by Gasteiger charge is -2.16. The predicted octanol–water partition coefficient (Wildman–Crippen LogP) is 5.05. The van der Waals surface area contributed by atoms with Crippen molar-refractivity contribution in [1.29, 1.82) is 0 Å². The van der Waals surface area contributed by atoms with Crippen LogP contribution in [0.5, 0.6) is 11.5 Å². The number of ether oxygens (including phenoxy) is 2. The summed E-state index contributed by atoms with van der Waals surface area (Å²) in [4.78, 5) is 17.4. The molecule has 5 rings (SSSR count). The number of amides is 1.